The number of thioether (sulfide) groups is 2. The van der Waals surface area contributed by atoms with Gasteiger partial charge in [-0.2, -0.15) is 0 Å². The van der Waals surface area contributed by atoms with Crippen molar-refractivity contribution in [2.45, 2.75) is 72.5 Å². The molecule has 0 amide bonds. The van der Waals surface area contributed by atoms with Crippen molar-refractivity contribution in [2.24, 2.45) is 4.99 Å². The third-order valence-corrected chi connectivity index (χ3v) is 9.26. The Morgan fingerprint density at radius 1 is 1.00 bits per heavy atom. The Bertz CT molecular complexity index is 610. The molecule has 0 radical (unpaired) electrons. The van der Waals surface area contributed by atoms with Gasteiger partial charge in [0.2, 0.25) is 0 Å². The smallest absolute Gasteiger partial charge is 0.192 e. The molecule has 3 fully saturated rings. The molecule has 2 aliphatic carbocycles. The summed E-state index contributed by atoms with van der Waals surface area (Å²) in [5.41, 5.74) is 1.28. The lowest BCUT2D eigenvalue weighted by molar-refractivity contribution is -0.0124. The van der Waals surface area contributed by atoms with Crippen molar-refractivity contribution < 1.29 is 4.74 Å². The van der Waals surface area contributed by atoms with Gasteiger partial charge in [-0.15, -0.1) is 11.8 Å². The number of ether oxygens (including phenoxy) is 1. The Kier molecular flexibility index (Phi) is 3.57. The Hall–Kier alpha value is -0.450. The van der Waals surface area contributed by atoms with Crippen LogP contribution in [0.4, 0.5) is 0 Å². The Labute approximate surface area is 146 Å². The van der Waals surface area contributed by atoms with E-state index in [9.17, 15) is 0 Å². The molecule has 1 saturated heterocycles. The lowest BCUT2D eigenvalue weighted by Crippen LogP contribution is -2.43. The van der Waals surface area contributed by atoms with Crippen LogP contribution in [0, 0.1) is 0 Å². The topological polar surface area (TPSA) is 21.6 Å². The van der Waals surface area contributed by atoms with Crippen molar-refractivity contribution >= 4 is 28.6 Å². The highest BCUT2D eigenvalue weighted by Gasteiger charge is 2.65. The van der Waals surface area contributed by atoms with E-state index in [2.05, 4.69) is 42.1 Å². The van der Waals surface area contributed by atoms with Crippen LogP contribution in [0.2, 0.25) is 0 Å². The van der Waals surface area contributed by atoms with E-state index in [1.165, 1.54) is 62.0 Å². The maximum atomic E-state index is 6.81. The molecule has 122 valence electrons. The lowest BCUT2D eigenvalue weighted by atomic mass is 9.96. The number of nitrogens with zero attached hydrogens (tertiary/aromatic N) is 1. The molecule has 0 bridgehead atoms. The summed E-state index contributed by atoms with van der Waals surface area (Å²) in [5, 5.41) is 1.90. The molecule has 2 spiro atoms. The summed E-state index contributed by atoms with van der Waals surface area (Å²) in [7, 11) is 0. The molecule has 3 atom stereocenters. The van der Waals surface area contributed by atoms with Crippen molar-refractivity contribution in [3.63, 3.8) is 0 Å². The van der Waals surface area contributed by atoms with Gasteiger partial charge in [0, 0.05) is 10.8 Å². The number of aliphatic imine (C=N–C) groups is 1. The van der Waals surface area contributed by atoms with E-state index in [1.54, 1.807) is 0 Å². The highest BCUT2D eigenvalue weighted by atomic mass is 32.2. The molecule has 2 saturated carbocycles. The van der Waals surface area contributed by atoms with E-state index in [4.69, 9.17) is 9.73 Å². The second-order valence-electron chi connectivity index (χ2n) is 7.28. The first kappa shape index (κ1) is 14.9. The zero-order valence-electron chi connectivity index (χ0n) is 13.4. The molecule has 0 aromatic heterocycles. The van der Waals surface area contributed by atoms with Crippen LogP contribution in [0.1, 0.15) is 56.9 Å². The quantitative estimate of drug-likeness (QED) is 0.696. The Morgan fingerprint density at radius 3 is 2.57 bits per heavy atom. The SMILES string of the molecule is c1ccc(C2=NC3(CCCC3)C3(OC4CCCCC4S3)S2)cc1. The molecule has 2 nitrogen and oxygen atoms in total. The van der Waals surface area contributed by atoms with Crippen LogP contribution < -0.4 is 0 Å². The van der Waals surface area contributed by atoms with Crippen molar-refractivity contribution in [2.75, 3.05) is 0 Å². The fourth-order valence-electron chi connectivity index (χ4n) is 4.62. The summed E-state index contributed by atoms with van der Waals surface area (Å²) < 4.78 is 6.67. The van der Waals surface area contributed by atoms with Gasteiger partial charge >= 0.3 is 0 Å². The van der Waals surface area contributed by atoms with Crippen molar-refractivity contribution in [1.29, 1.82) is 0 Å². The highest BCUT2D eigenvalue weighted by molar-refractivity contribution is 8.26. The van der Waals surface area contributed by atoms with Gasteiger partial charge in [-0.1, -0.05) is 67.8 Å². The zero-order valence-corrected chi connectivity index (χ0v) is 15.0. The maximum Gasteiger partial charge on any atom is 0.192 e. The molecule has 23 heavy (non-hydrogen) atoms. The van der Waals surface area contributed by atoms with Crippen LogP contribution in [0.15, 0.2) is 35.3 Å². The molecule has 4 heteroatoms. The molecule has 0 N–H and O–H groups in total. The van der Waals surface area contributed by atoms with E-state index in [1.807, 2.05) is 11.8 Å². The summed E-state index contributed by atoms with van der Waals surface area (Å²) in [6.45, 7) is 0. The number of hydrogen-bond donors (Lipinski definition) is 0. The second-order valence-corrected chi connectivity index (χ2v) is 10.1. The second kappa shape index (κ2) is 5.53. The number of hydrogen-bond acceptors (Lipinski definition) is 4. The van der Waals surface area contributed by atoms with Gasteiger partial charge in [-0.05, 0) is 25.7 Å². The monoisotopic (exact) mass is 345 g/mol. The van der Waals surface area contributed by atoms with Crippen LogP contribution in [0.3, 0.4) is 0 Å². The van der Waals surface area contributed by atoms with Gasteiger partial charge < -0.3 is 4.74 Å². The van der Waals surface area contributed by atoms with Crippen LogP contribution in [0.25, 0.3) is 0 Å². The lowest BCUT2D eigenvalue weighted by Gasteiger charge is -2.36. The van der Waals surface area contributed by atoms with Crippen LogP contribution in [-0.4, -0.2) is 26.2 Å². The van der Waals surface area contributed by atoms with E-state index >= 15 is 0 Å². The minimum Gasteiger partial charge on any atom is -0.347 e. The predicted octanol–water partition coefficient (Wildman–Crippen LogP) is 5.22. The predicted molar refractivity (Wildman–Crippen MR) is 99.2 cm³/mol. The average molecular weight is 346 g/mol. The number of rotatable bonds is 1. The minimum absolute atomic E-state index is 0.0187. The Balaban J connectivity index is 1.53. The summed E-state index contributed by atoms with van der Waals surface area (Å²) in [6.07, 6.45) is 10.7. The van der Waals surface area contributed by atoms with Gasteiger partial charge in [0.05, 0.1) is 6.10 Å². The molecule has 2 aliphatic heterocycles. The first-order valence-electron chi connectivity index (χ1n) is 9.00. The van der Waals surface area contributed by atoms with Crippen LogP contribution >= 0.6 is 23.5 Å². The zero-order chi connectivity index (χ0) is 15.3. The van der Waals surface area contributed by atoms with Crippen LogP contribution in [-0.2, 0) is 4.74 Å². The maximum absolute atomic E-state index is 6.81. The van der Waals surface area contributed by atoms with E-state index in [0.717, 1.165) is 0 Å². The fraction of sp³-hybridized carbons (Fsp3) is 0.632. The van der Waals surface area contributed by atoms with Crippen molar-refractivity contribution in [3.8, 4) is 0 Å². The van der Waals surface area contributed by atoms with E-state index in [-0.39, 0.29) is 9.80 Å². The highest BCUT2D eigenvalue weighted by Crippen LogP contribution is 2.66. The minimum atomic E-state index is -0.144. The molecule has 1 aromatic rings. The van der Waals surface area contributed by atoms with Gasteiger partial charge in [-0.3, -0.25) is 4.99 Å². The molecular formula is C19H23NOS2. The first-order valence-corrected chi connectivity index (χ1v) is 10.7. The fourth-order valence-corrected chi connectivity index (χ4v) is 8.43. The van der Waals surface area contributed by atoms with Crippen molar-refractivity contribution in [3.05, 3.63) is 35.9 Å². The van der Waals surface area contributed by atoms with Gasteiger partial charge in [0.25, 0.3) is 0 Å². The molecular weight excluding hydrogens is 322 g/mol. The summed E-state index contributed by atoms with van der Waals surface area (Å²) >= 11 is 4.05. The van der Waals surface area contributed by atoms with Crippen molar-refractivity contribution in [1.82, 2.24) is 0 Å². The van der Waals surface area contributed by atoms with Gasteiger partial charge in [-0.25, -0.2) is 0 Å². The normalized spacial score (nSPS) is 38.2. The molecule has 5 rings (SSSR count). The van der Waals surface area contributed by atoms with Crippen LogP contribution in [0.5, 0.6) is 0 Å². The number of benzene rings is 1. The molecule has 2 heterocycles. The molecule has 1 aromatic carbocycles. The third-order valence-electron chi connectivity index (χ3n) is 5.82. The standard InChI is InChI=1S/C19H23NOS2/c1-2-8-14(9-3-1)17-20-18(12-6-7-13-18)19(23-17)21-15-10-4-5-11-16(15)22-19/h1-3,8-9,15-16H,4-7,10-13H2. The van der Waals surface area contributed by atoms with E-state index in [0.29, 0.717) is 11.4 Å². The Morgan fingerprint density at radius 2 is 1.78 bits per heavy atom. The summed E-state index contributed by atoms with van der Waals surface area (Å²) in [5.74, 6) is 0. The first-order chi connectivity index (χ1) is 11.3. The summed E-state index contributed by atoms with van der Waals surface area (Å²) in [4.78, 5) is 5.32. The third kappa shape index (κ3) is 2.25. The summed E-state index contributed by atoms with van der Waals surface area (Å²) in [6, 6.07) is 10.7. The van der Waals surface area contributed by atoms with Gasteiger partial charge in [0.1, 0.15) is 10.6 Å². The van der Waals surface area contributed by atoms with Gasteiger partial charge in [0.15, 0.2) is 4.27 Å². The molecule has 4 aliphatic rings. The van der Waals surface area contributed by atoms with E-state index < -0.39 is 0 Å². The largest absolute Gasteiger partial charge is 0.347 e. The molecule has 3 unspecified atom stereocenters. The number of fused-ring (bicyclic) bond motifs is 2. The average Bonchev–Trinajstić information content (AvgIpc) is 3.28.